The Labute approximate surface area is 124 Å². The maximum atomic E-state index is 11.4. The van der Waals surface area contributed by atoms with Crippen molar-refractivity contribution in [3.63, 3.8) is 0 Å². The van der Waals surface area contributed by atoms with E-state index in [0.717, 1.165) is 0 Å². The molecule has 0 saturated carbocycles. The summed E-state index contributed by atoms with van der Waals surface area (Å²) >= 11 is 0.218. The van der Waals surface area contributed by atoms with Crippen LogP contribution in [0.3, 0.4) is 0 Å². The van der Waals surface area contributed by atoms with Crippen molar-refractivity contribution in [3.8, 4) is 11.5 Å². The molecule has 0 aromatic heterocycles. The van der Waals surface area contributed by atoms with Gasteiger partial charge in [-0.25, -0.2) is 0 Å². The van der Waals surface area contributed by atoms with E-state index in [1.807, 2.05) is 0 Å². The minimum atomic E-state index is -0.278. The fourth-order valence-electron chi connectivity index (χ4n) is 1.17. The van der Waals surface area contributed by atoms with Crippen LogP contribution in [-0.2, 0) is 0 Å². The number of rotatable bonds is 5. The van der Waals surface area contributed by atoms with Gasteiger partial charge in [0.05, 0.1) is 13.3 Å². The molecule has 102 valence electrons. The maximum absolute atomic E-state index is 11.4. The van der Waals surface area contributed by atoms with Crippen molar-refractivity contribution in [2.24, 2.45) is 10.2 Å². The second-order valence-electron chi connectivity index (χ2n) is 3.30. The summed E-state index contributed by atoms with van der Waals surface area (Å²) in [6, 6.07) is 4.77. The molecule has 19 heavy (non-hydrogen) atoms. The van der Waals surface area contributed by atoms with Gasteiger partial charge in [-0.1, -0.05) is 17.9 Å². The normalized spacial score (nSPS) is 10.1. The van der Waals surface area contributed by atoms with Gasteiger partial charge in [-0.2, -0.15) is 10.2 Å². The van der Waals surface area contributed by atoms with Crippen molar-refractivity contribution < 1.29 is 14.9 Å². The van der Waals surface area contributed by atoms with E-state index in [9.17, 15) is 10.2 Å². The zero-order valence-electron chi connectivity index (χ0n) is 11.4. The molecule has 0 radical (unpaired) electrons. The molecular weight excluding hydrogens is 351 g/mol. The van der Waals surface area contributed by atoms with Crippen molar-refractivity contribution in [2.75, 3.05) is 7.11 Å². The van der Waals surface area contributed by atoms with Gasteiger partial charge in [0.2, 0.25) is 0 Å². The van der Waals surface area contributed by atoms with E-state index < -0.39 is 0 Å². The van der Waals surface area contributed by atoms with Crippen LogP contribution >= 0.6 is 0 Å². The molecule has 0 spiro atoms. The van der Waals surface area contributed by atoms with Crippen LogP contribution in [0.25, 0.3) is 0 Å². The third-order valence-corrected chi connectivity index (χ3v) is 4.89. The summed E-state index contributed by atoms with van der Waals surface area (Å²) in [6.45, 7) is 4.57. The van der Waals surface area contributed by atoms with E-state index in [0.29, 0.717) is 12.0 Å². The summed E-state index contributed by atoms with van der Waals surface area (Å²) in [5.74, 6) is -0.0418. The third kappa shape index (κ3) is 7.71. The summed E-state index contributed by atoms with van der Waals surface area (Å²) in [4.78, 5) is 0. The molecule has 0 fully saturated rings. The quantitative estimate of drug-likeness (QED) is 0.337. The second-order valence-corrected chi connectivity index (χ2v) is 8.76. The standard InChI is InChI=1S/C9H10N2O3.2C2H5.Sn/c1-14-8-4-2-3-7(9(8)13)5-10-11-6-12;2*1-2;/h2-6,13H,1H3,(H,11,12);2*1H2,2H3;/q;;;+2/p-2/b10-5+;;;. The first kappa shape index (κ1) is 17.8. The molecule has 0 N–H and O–H groups in total. The van der Waals surface area contributed by atoms with E-state index >= 15 is 0 Å². The number of ether oxygens (including phenoxy) is 1. The second kappa shape index (κ2) is 11.8. The van der Waals surface area contributed by atoms with Gasteiger partial charge in [0.1, 0.15) is 5.75 Å². The summed E-state index contributed by atoms with van der Waals surface area (Å²) in [5.41, 5.74) is 0.329. The van der Waals surface area contributed by atoms with Crippen LogP contribution in [0.5, 0.6) is 11.5 Å². The Balaban J connectivity index is 0.000000555. The molecule has 1 rings (SSSR count). The van der Waals surface area contributed by atoms with Gasteiger partial charge in [0.25, 0.3) is 0 Å². The first-order chi connectivity index (χ1) is 9.21. The number of hydrogen-bond donors (Lipinski definition) is 0. The average Bonchev–Trinajstić information content (AvgIpc) is 2.42. The van der Waals surface area contributed by atoms with Gasteiger partial charge in [-0.05, 0) is 18.0 Å². The van der Waals surface area contributed by atoms with Crippen LogP contribution in [0, 0.1) is 0 Å². The molecular formula is C13H18N2O3Sn. The Morgan fingerprint density at radius 1 is 1.26 bits per heavy atom. The molecule has 0 aliphatic carbocycles. The molecule has 1 aromatic rings. The Morgan fingerprint density at radius 3 is 2.42 bits per heavy atom. The van der Waals surface area contributed by atoms with Crippen LogP contribution < -0.4 is 14.9 Å². The van der Waals surface area contributed by atoms with E-state index in [4.69, 9.17) is 4.74 Å². The summed E-state index contributed by atoms with van der Waals surface area (Å²) in [5, 5.41) is 27.7. The third-order valence-electron chi connectivity index (χ3n) is 2.04. The van der Waals surface area contributed by atoms with Crippen molar-refractivity contribution in [2.45, 2.75) is 22.7 Å². The number of benzene rings is 1. The van der Waals surface area contributed by atoms with E-state index in [2.05, 4.69) is 24.1 Å². The van der Waals surface area contributed by atoms with Gasteiger partial charge >= 0.3 is 43.9 Å². The minimum absolute atomic E-state index is 0.218. The van der Waals surface area contributed by atoms with Gasteiger partial charge in [-0.15, -0.1) is 0 Å². The number of methoxy groups -OCH3 is 1. The fraction of sp³-hybridized carbons (Fsp3) is 0.385. The zero-order valence-corrected chi connectivity index (χ0v) is 14.3. The molecule has 6 heteroatoms. The van der Waals surface area contributed by atoms with E-state index in [1.165, 1.54) is 22.2 Å². The van der Waals surface area contributed by atoms with Crippen LogP contribution in [0.1, 0.15) is 19.4 Å². The monoisotopic (exact) mass is 370 g/mol. The Kier molecular flexibility index (Phi) is 11.1. The predicted octanol–water partition coefficient (Wildman–Crippen LogP) is 1.06. The first-order valence-corrected chi connectivity index (χ1v) is 9.96. The molecule has 0 unspecified atom stereocenters. The molecule has 0 aliphatic heterocycles. The van der Waals surface area contributed by atoms with Gasteiger partial charge < -0.3 is 14.9 Å². The van der Waals surface area contributed by atoms with Gasteiger partial charge in [0.15, 0.2) is 0 Å². The van der Waals surface area contributed by atoms with Crippen LogP contribution in [-0.4, -0.2) is 40.9 Å². The molecule has 1 aromatic carbocycles. The molecule has 0 heterocycles. The number of para-hydroxylation sites is 1. The van der Waals surface area contributed by atoms with Crippen LogP contribution in [0.2, 0.25) is 8.87 Å². The Bertz CT molecular complexity index is 407. The van der Waals surface area contributed by atoms with Crippen LogP contribution in [0.15, 0.2) is 28.4 Å². The van der Waals surface area contributed by atoms with Crippen LogP contribution in [0.4, 0.5) is 0 Å². The summed E-state index contributed by atoms with van der Waals surface area (Å²) < 4.78 is 7.85. The van der Waals surface area contributed by atoms with Gasteiger partial charge in [0, 0.05) is 0 Å². The molecule has 0 amide bonds. The Morgan fingerprint density at radius 2 is 1.95 bits per heavy atom. The molecule has 0 aliphatic rings. The summed E-state index contributed by atoms with van der Waals surface area (Å²) in [6.07, 6.45) is 1.50. The van der Waals surface area contributed by atoms with Crippen molar-refractivity contribution in [1.29, 1.82) is 0 Å². The molecule has 0 bridgehead atoms. The summed E-state index contributed by atoms with van der Waals surface area (Å²) in [7, 11) is 1.41. The molecule has 0 atom stereocenters. The van der Waals surface area contributed by atoms with Crippen molar-refractivity contribution >= 4 is 33.8 Å². The predicted molar refractivity (Wildman–Crippen MR) is 75.2 cm³/mol. The fourth-order valence-corrected chi connectivity index (χ4v) is 2.60. The number of hydrogen-bond acceptors (Lipinski definition) is 5. The average molecular weight is 369 g/mol. The van der Waals surface area contributed by atoms with Crippen molar-refractivity contribution in [3.05, 3.63) is 23.8 Å². The van der Waals surface area contributed by atoms with Crippen molar-refractivity contribution in [1.82, 2.24) is 0 Å². The van der Waals surface area contributed by atoms with E-state index in [1.54, 1.807) is 18.2 Å². The number of nitrogens with zero attached hydrogens (tertiary/aromatic N) is 2. The van der Waals surface area contributed by atoms with E-state index in [-0.39, 0.29) is 32.6 Å². The first-order valence-electron chi connectivity index (χ1n) is 5.92. The topological polar surface area (TPSA) is 80.1 Å². The van der Waals surface area contributed by atoms with Gasteiger partial charge in [-0.3, -0.25) is 0 Å². The SMILES string of the molecule is COc1cccc(/C=N/N=C\[O-])c1[O-].C[CH2][Sn+2][CH2]C. The molecule has 5 nitrogen and oxygen atoms in total. The molecule has 0 saturated heterocycles. The zero-order chi connectivity index (χ0) is 14.5. The Hall–Kier alpha value is -1.24.